The van der Waals surface area contributed by atoms with E-state index in [1.54, 1.807) is 6.07 Å². The molecule has 88 valence electrons. The number of rotatable bonds is 4. The van der Waals surface area contributed by atoms with Crippen molar-refractivity contribution in [1.82, 2.24) is 0 Å². The molecule has 3 nitrogen and oxygen atoms in total. The van der Waals surface area contributed by atoms with Crippen molar-refractivity contribution in [1.29, 1.82) is 0 Å². The number of methoxy groups -OCH3 is 1. The van der Waals surface area contributed by atoms with Crippen molar-refractivity contribution < 1.29 is 9.53 Å². The first kappa shape index (κ1) is 13.0. The van der Waals surface area contributed by atoms with Crippen molar-refractivity contribution in [2.75, 3.05) is 13.7 Å². The number of Topliss-reactive ketones (excluding diaryl/α,β-unsaturated/α-hetero) is 1. The molecule has 1 aromatic rings. The summed E-state index contributed by atoms with van der Waals surface area (Å²) in [4.78, 5) is 11.6. The van der Waals surface area contributed by atoms with E-state index in [0.717, 1.165) is 5.56 Å². The third-order valence-corrected chi connectivity index (χ3v) is 2.82. The molecule has 2 N–H and O–H groups in total. The number of benzene rings is 1. The minimum atomic E-state index is -0.175. The summed E-state index contributed by atoms with van der Waals surface area (Å²) in [6, 6.07) is 3.63. The Morgan fingerprint density at radius 3 is 2.56 bits per heavy atom. The molecule has 0 saturated heterocycles. The Morgan fingerprint density at radius 1 is 1.50 bits per heavy atom. The molecule has 0 aromatic heterocycles. The molecule has 0 amide bonds. The molecule has 0 aliphatic carbocycles. The van der Waals surface area contributed by atoms with Gasteiger partial charge < -0.3 is 10.5 Å². The fraction of sp³-hybridized carbons (Fsp3) is 0.417. The Morgan fingerprint density at radius 2 is 2.12 bits per heavy atom. The molecule has 16 heavy (non-hydrogen) atoms. The van der Waals surface area contributed by atoms with E-state index in [9.17, 15) is 4.79 Å². The molecule has 0 saturated carbocycles. The fourth-order valence-corrected chi connectivity index (χ4v) is 1.71. The van der Waals surface area contributed by atoms with Crippen molar-refractivity contribution in [2.45, 2.75) is 19.8 Å². The molecule has 0 aliphatic rings. The van der Waals surface area contributed by atoms with Crippen molar-refractivity contribution in [3.05, 3.63) is 28.3 Å². The topological polar surface area (TPSA) is 52.3 Å². The lowest BCUT2D eigenvalue weighted by Crippen LogP contribution is -2.14. The van der Waals surface area contributed by atoms with Crippen molar-refractivity contribution in [3.63, 3.8) is 0 Å². The van der Waals surface area contributed by atoms with E-state index in [-0.39, 0.29) is 12.3 Å². The number of ether oxygens (including phenoxy) is 1. The molecule has 0 fully saturated rings. The van der Waals surface area contributed by atoms with Crippen LogP contribution in [0.25, 0.3) is 0 Å². The Hall–Kier alpha value is -1.06. The number of nitrogens with two attached hydrogens (primary N) is 1. The van der Waals surface area contributed by atoms with Crippen LogP contribution in [0.4, 0.5) is 0 Å². The van der Waals surface area contributed by atoms with E-state index in [2.05, 4.69) is 0 Å². The van der Waals surface area contributed by atoms with Crippen LogP contribution < -0.4 is 10.5 Å². The molecular formula is C12H16ClNO2. The normalized spacial score (nSPS) is 10.6. The van der Waals surface area contributed by atoms with Gasteiger partial charge in [-0.3, -0.25) is 4.79 Å². The molecule has 0 unspecified atom stereocenters. The summed E-state index contributed by atoms with van der Waals surface area (Å²) in [6.45, 7) is 4.03. The highest BCUT2D eigenvalue weighted by Crippen LogP contribution is 2.32. The van der Waals surface area contributed by atoms with Gasteiger partial charge in [0.05, 0.1) is 18.7 Å². The van der Waals surface area contributed by atoms with Crippen LogP contribution in [0.1, 0.15) is 35.7 Å². The molecule has 0 heterocycles. The SMILES string of the molecule is COc1cc(C(C)C)cc(C(=O)CN)c1Cl. The average Bonchev–Trinajstić information content (AvgIpc) is 2.28. The van der Waals surface area contributed by atoms with Crippen LogP contribution in [0.3, 0.4) is 0 Å². The van der Waals surface area contributed by atoms with Gasteiger partial charge in [0.1, 0.15) is 5.75 Å². The number of carbonyl (C=O) groups excluding carboxylic acids is 1. The summed E-state index contributed by atoms with van der Waals surface area (Å²) < 4.78 is 5.15. The van der Waals surface area contributed by atoms with E-state index in [1.807, 2.05) is 19.9 Å². The molecule has 0 aliphatic heterocycles. The lowest BCUT2D eigenvalue weighted by Gasteiger charge is -2.13. The maximum Gasteiger partial charge on any atom is 0.178 e. The smallest absolute Gasteiger partial charge is 0.178 e. The highest BCUT2D eigenvalue weighted by molar-refractivity contribution is 6.35. The first-order valence-electron chi connectivity index (χ1n) is 5.12. The zero-order valence-corrected chi connectivity index (χ0v) is 10.5. The fourth-order valence-electron chi connectivity index (χ4n) is 1.41. The molecule has 1 rings (SSSR count). The van der Waals surface area contributed by atoms with Crippen LogP contribution in [-0.2, 0) is 0 Å². The monoisotopic (exact) mass is 241 g/mol. The molecule has 0 spiro atoms. The Kier molecular flexibility index (Phi) is 4.33. The number of halogens is 1. The maximum atomic E-state index is 11.6. The quantitative estimate of drug-likeness (QED) is 0.825. The van der Waals surface area contributed by atoms with Crippen molar-refractivity contribution >= 4 is 17.4 Å². The Balaban J connectivity index is 3.35. The predicted molar refractivity (Wildman–Crippen MR) is 65.5 cm³/mol. The second-order valence-electron chi connectivity index (χ2n) is 3.87. The third-order valence-electron chi connectivity index (χ3n) is 2.43. The number of hydrogen-bond donors (Lipinski definition) is 1. The van der Waals surface area contributed by atoms with E-state index in [1.165, 1.54) is 7.11 Å². The van der Waals surface area contributed by atoms with Crippen LogP contribution in [0.5, 0.6) is 5.75 Å². The van der Waals surface area contributed by atoms with E-state index < -0.39 is 0 Å². The van der Waals surface area contributed by atoms with Gasteiger partial charge in [0.2, 0.25) is 0 Å². The van der Waals surface area contributed by atoms with Gasteiger partial charge in [-0.15, -0.1) is 0 Å². The van der Waals surface area contributed by atoms with Gasteiger partial charge in [0.15, 0.2) is 5.78 Å². The number of carbonyl (C=O) groups is 1. The summed E-state index contributed by atoms with van der Waals surface area (Å²) in [7, 11) is 1.53. The van der Waals surface area contributed by atoms with Gasteiger partial charge in [0.25, 0.3) is 0 Å². The van der Waals surface area contributed by atoms with Gasteiger partial charge in [-0.25, -0.2) is 0 Å². The lowest BCUT2D eigenvalue weighted by molar-refractivity contribution is 0.100. The van der Waals surface area contributed by atoms with Crippen LogP contribution in [-0.4, -0.2) is 19.4 Å². The van der Waals surface area contributed by atoms with Crippen LogP contribution >= 0.6 is 11.6 Å². The number of ketones is 1. The first-order valence-corrected chi connectivity index (χ1v) is 5.49. The third kappa shape index (κ3) is 2.54. The van der Waals surface area contributed by atoms with Crippen LogP contribution in [0.15, 0.2) is 12.1 Å². The van der Waals surface area contributed by atoms with Gasteiger partial charge in [0, 0.05) is 5.56 Å². The van der Waals surface area contributed by atoms with Gasteiger partial charge >= 0.3 is 0 Å². The molecule has 4 heteroatoms. The predicted octanol–water partition coefficient (Wildman–Crippen LogP) is 2.61. The van der Waals surface area contributed by atoms with Gasteiger partial charge in [-0.05, 0) is 23.6 Å². The van der Waals surface area contributed by atoms with E-state index in [4.69, 9.17) is 22.1 Å². The molecular weight excluding hydrogens is 226 g/mol. The molecule has 1 aromatic carbocycles. The van der Waals surface area contributed by atoms with E-state index >= 15 is 0 Å². The molecule has 0 radical (unpaired) electrons. The average molecular weight is 242 g/mol. The van der Waals surface area contributed by atoms with E-state index in [0.29, 0.717) is 22.3 Å². The highest BCUT2D eigenvalue weighted by atomic mass is 35.5. The zero-order valence-electron chi connectivity index (χ0n) is 9.71. The van der Waals surface area contributed by atoms with Gasteiger partial charge in [-0.1, -0.05) is 25.4 Å². The molecule has 0 atom stereocenters. The van der Waals surface area contributed by atoms with Gasteiger partial charge in [-0.2, -0.15) is 0 Å². The Bertz CT molecular complexity index is 402. The first-order chi connectivity index (χ1) is 7.51. The Labute approximate surface area is 101 Å². The van der Waals surface area contributed by atoms with Crippen LogP contribution in [0.2, 0.25) is 5.02 Å². The summed E-state index contributed by atoms with van der Waals surface area (Å²) in [5.41, 5.74) is 6.79. The lowest BCUT2D eigenvalue weighted by atomic mass is 9.98. The largest absolute Gasteiger partial charge is 0.495 e. The standard InChI is InChI=1S/C12H16ClNO2/c1-7(2)8-4-9(10(15)6-14)12(13)11(5-8)16-3/h4-5,7H,6,14H2,1-3H3. The molecule has 0 bridgehead atoms. The maximum absolute atomic E-state index is 11.6. The zero-order chi connectivity index (χ0) is 12.3. The van der Waals surface area contributed by atoms with Crippen molar-refractivity contribution in [2.24, 2.45) is 5.73 Å². The highest BCUT2D eigenvalue weighted by Gasteiger charge is 2.16. The summed E-state index contributed by atoms with van der Waals surface area (Å²) >= 11 is 6.06. The number of hydrogen-bond acceptors (Lipinski definition) is 3. The minimum Gasteiger partial charge on any atom is -0.495 e. The second-order valence-corrected chi connectivity index (χ2v) is 4.24. The minimum absolute atomic E-state index is 0.0512. The van der Waals surface area contributed by atoms with Crippen LogP contribution in [0, 0.1) is 0 Å². The summed E-state index contributed by atoms with van der Waals surface area (Å²) in [6.07, 6.45) is 0. The summed E-state index contributed by atoms with van der Waals surface area (Å²) in [5, 5.41) is 0.336. The second kappa shape index (κ2) is 5.32. The summed E-state index contributed by atoms with van der Waals surface area (Å²) in [5.74, 6) is 0.644. The van der Waals surface area contributed by atoms with Crippen molar-refractivity contribution in [3.8, 4) is 5.75 Å².